The number of amides is 1. The molecule has 6 heteroatoms. The van der Waals surface area contributed by atoms with Gasteiger partial charge in [-0.15, -0.1) is 0 Å². The van der Waals surface area contributed by atoms with Gasteiger partial charge in [0.25, 0.3) is 15.9 Å². The first-order chi connectivity index (χ1) is 8.90. The van der Waals surface area contributed by atoms with Gasteiger partial charge in [-0.2, -0.15) is 0 Å². The lowest BCUT2D eigenvalue weighted by molar-refractivity contribution is 0.0984. The molecule has 2 heterocycles. The van der Waals surface area contributed by atoms with Crippen LogP contribution in [0.3, 0.4) is 0 Å². The number of nitrogens with one attached hydrogen (secondary N) is 1. The van der Waals surface area contributed by atoms with E-state index in [4.69, 9.17) is 0 Å². The zero-order valence-corrected chi connectivity index (χ0v) is 11.8. The molecule has 19 heavy (non-hydrogen) atoms. The van der Waals surface area contributed by atoms with Crippen LogP contribution >= 0.6 is 0 Å². The normalized spacial score (nSPS) is 20.2. The zero-order valence-electron chi connectivity index (χ0n) is 10.9. The largest absolute Gasteiger partial charge is 0.371 e. The van der Waals surface area contributed by atoms with Crippen molar-refractivity contribution in [2.45, 2.75) is 31.1 Å². The average molecular weight is 280 g/mol. The van der Waals surface area contributed by atoms with Gasteiger partial charge in [0, 0.05) is 18.8 Å². The number of benzene rings is 1. The standard InChI is InChI=1S/C13H16N2O3S/c1-8(2)10-6-9(15-4-3-5-15)7-11-12(10)13(16)14-19(11,17)18/h6-8H,3-5H2,1-2H3,(H,14,16). The van der Waals surface area contributed by atoms with E-state index >= 15 is 0 Å². The van der Waals surface area contributed by atoms with Crippen molar-refractivity contribution in [3.8, 4) is 0 Å². The number of hydrogen-bond donors (Lipinski definition) is 1. The summed E-state index contributed by atoms with van der Waals surface area (Å²) in [5.41, 5.74) is 2.02. The van der Waals surface area contributed by atoms with E-state index in [1.165, 1.54) is 0 Å². The second kappa shape index (κ2) is 3.96. The van der Waals surface area contributed by atoms with Crippen LogP contribution in [0.4, 0.5) is 5.69 Å². The summed E-state index contributed by atoms with van der Waals surface area (Å²) in [5.74, 6) is -0.400. The number of anilines is 1. The van der Waals surface area contributed by atoms with Gasteiger partial charge in [-0.1, -0.05) is 13.8 Å². The number of carbonyl (C=O) groups excluding carboxylic acids is 1. The summed E-state index contributed by atoms with van der Waals surface area (Å²) in [4.78, 5) is 14.1. The average Bonchev–Trinajstić information content (AvgIpc) is 2.46. The summed E-state index contributed by atoms with van der Waals surface area (Å²) in [7, 11) is -3.68. The summed E-state index contributed by atoms with van der Waals surface area (Å²) in [6.07, 6.45) is 1.12. The zero-order chi connectivity index (χ0) is 13.8. The van der Waals surface area contributed by atoms with E-state index in [9.17, 15) is 13.2 Å². The fraction of sp³-hybridized carbons (Fsp3) is 0.462. The molecule has 1 aromatic carbocycles. The maximum absolute atomic E-state index is 12.0. The van der Waals surface area contributed by atoms with Crippen LogP contribution in [0.1, 0.15) is 42.1 Å². The SMILES string of the molecule is CC(C)c1cc(N2CCC2)cc2c1C(=O)NS2(=O)=O. The Morgan fingerprint density at radius 1 is 1.26 bits per heavy atom. The molecule has 1 aromatic rings. The summed E-state index contributed by atoms with van der Waals surface area (Å²) in [6, 6.07) is 3.57. The number of hydrogen-bond acceptors (Lipinski definition) is 4. The number of rotatable bonds is 2. The molecular formula is C13H16N2O3S. The van der Waals surface area contributed by atoms with Crippen LogP contribution in [0.2, 0.25) is 0 Å². The molecular weight excluding hydrogens is 264 g/mol. The lowest BCUT2D eigenvalue weighted by Crippen LogP contribution is -2.37. The van der Waals surface area contributed by atoms with Crippen LogP contribution < -0.4 is 9.62 Å². The van der Waals surface area contributed by atoms with E-state index in [0.717, 1.165) is 30.8 Å². The van der Waals surface area contributed by atoms with E-state index < -0.39 is 15.9 Å². The number of sulfonamides is 1. The highest BCUT2D eigenvalue weighted by molar-refractivity contribution is 7.90. The van der Waals surface area contributed by atoms with Crippen LogP contribution in [0.5, 0.6) is 0 Å². The monoisotopic (exact) mass is 280 g/mol. The lowest BCUT2D eigenvalue weighted by Gasteiger charge is -2.34. The summed E-state index contributed by atoms with van der Waals surface area (Å²) < 4.78 is 26.0. The van der Waals surface area contributed by atoms with Gasteiger partial charge in [-0.05, 0) is 30.0 Å². The molecule has 1 amide bonds. The molecule has 0 unspecified atom stereocenters. The fourth-order valence-electron chi connectivity index (χ4n) is 2.52. The van der Waals surface area contributed by atoms with E-state index in [1.54, 1.807) is 6.07 Å². The molecule has 0 atom stereocenters. The van der Waals surface area contributed by atoms with Gasteiger partial charge in [0.2, 0.25) is 0 Å². The molecule has 0 saturated carbocycles. The van der Waals surface area contributed by atoms with E-state index in [0.29, 0.717) is 5.56 Å². The molecule has 3 rings (SSSR count). The molecule has 2 aliphatic heterocycles. The van der Waals surface area contributed by atoms with Crippen LogP contribution in [-0.2, 0) is 10.0 Å². The first-order valence-electron chi connectivity index (χ1n) is 6.40. The topological polar surface area (TPSA) is 66.5 Å². The lowest BCUT2D eigenvalue weighted by atomic mass is 9.95. The van der Waals surface area contributed by atoms with Gasteiger partial charge in [-0.3, -0.25) is 4.79 Å². The van der Waals surface area contributed by atoms with Crippen LogP contribution in [0.15, 0.2) is 17.0 Å². The van der Waals surface area contributed by atoms with Crippen molar-refractivity contribution in [3.05, 3.63) is 23.3 Å². The first kappa shape index (κ1) is 12.5. The summed E-state index contributed by atoms with van der Waals surface area (Å²) >= 11 is 0. The molecule has 1 fully saturated rings. The highest BCUT2D eigenvalue weighted by Gasteiger charge is 2.36. The fourth-order valence-corrected chi connectivity index (χ4v) is 3.73. The van der Waals surface area contributed by atoms with Gasteiger partial charge in [0.15, 0.2) is 0 Å². The quantitative estimate of drug-likeness (QED) is 0.890. The van der Waals surface area contributed by atoms with Crippen molar-refractivity contribution in [1.82, 2.24) is 4.72 Å². The number of nitrogens with zero attached hydrogens (tertiary/aromatic N) is 1. The Labute approximate surface area is 112 Å². The van der Waals surface area contributed by atoms with Gasteiger partial charge >= 0.3 is 0 Å². The molecule has 0 aliphatic carbocycles. The third-order valence-corrected chi connectivity index (χ3v) is 5.06. The third kappa shape index (κ3) is 1.82. The predicted octanol–water partition coefficient (Wildman–Crippen LogP) is 1.45. The Balaban J connectivity index is 2.25. The maximum atomic E-state index is 12.0. The molecule has 5 nitrogen and oxygen atoms in total. The Bertz CT molecular complexity index is 661. The summed E-state index contributed by atoms with van der Waals surface area (Å²) in [5, 5.41) is 0. The second-order valence-corrected chi connectivity index (χ2v) is 6.99. The molecule has 2 aliphatic rings. The van der Waals surface area contributed by atoms with Crippen molar-refractivity contribution < 1.29 is 13.2 Å². The number of carbonyl (C=O) groups is 1. The van der Waals surface area contributed by atoms with Gasteiger partial charge in [0.05, 0.1) is 5.56 Å². The Hall–Kier alpha value is -1.56. The van der Waals surface area contributed by atoms with Gasteiger partial charge < -0.3 is 4.90 Å². The Morgan fingerprint density at radius 2 is 1.95 bits per heavy atom. The molecule has 0 spiro atoms. The van der Waals surface area contributed by atoms with E-state index in [2.05, 4.69) is 9.62 Å². The first-order valence-corrected chi connectivity index (χ1v) is 7.88. The highest BCUT2D eigenvalue weighted by Crippen LogP contribution is 2.35. The Morgan fingerprint density at radius 3 is 2.47 bits per heavy atom. The molecule has 1 N–H and O–H groups in total. The maximum Gasteiger partial charge on any atom is 0.266 e. The van der Waals surface area contributed by atoms with Crippen molar-refractivity contribution >= 4 is 21.6 Å². The third-order valence-electron chi connectivity index (χ3n) is 3.70. The predicted molar refractivity (Wildman–Crippen MR) is 72.0 cm³/mol. The molecule has 1 saturated heterocycles. The highest BCUT2D eigenvalue weighted by atomic mass is 32.2. The minimum absolute atomic E-state index is 0.106. The van der Waals surface area contributed by atoms with Gasteiger partial charge in [-0.25, -0.2) is 13.1 Å². The van der Waals surface area contributed by atoms with E-state index in [-0.39, 0.29) is 10.8 Å². The van der Waals surface area contributed by atoms with E-state index in [1.807, 2.05) is 19.9 Å². The molecule has 0 radical (unpaired) electrons. The van der Waals surface area contributed by atoms with Crippen molar-refractivity contribution in [1.29, 1.82) is 0 Å². The smallest absolute Gasteiger partial charge is 0.266 e. The minimum Gasteiger partial charge on any atom is -0.371 e. The van der Waals surface area contributed by atoms with Crippen LogP contribution in [0.25, 0.3) is 0 Å². The molecule has 102 valence electrons. The van der Waals surface area contributed by atoms with Crippen molar-refractivity contribution in [2.75, 3.05) is 18.0 Å². The van der Waals surface area contributed by atoms with Crippen LogP contribution in [0, 0.1) is 0 Å². The second-order valence-electron chi connectivity index (χ2n) is 5.34. The Kier molecular flexibility index (Phi) is 2.60. The molecule has 0 aromatic heterocycles. The van der Waals surface area contributed by atoms with Crippen LogP contribution in [-0.4, -0.2) is 27.4 Å². The molecule has 0 bridgehead atoms. The number of fused-ring (bicyclic) bond motifs is 1. The summed E-state index contributed by atoms with van der Waals surface area (Å²) in [6.45, 7) is 5.82. The van der Waals surface area contributed by atoms with Crippen molar-refractivity contribution in [3.63, 3.8) is 0 Å². The minimum atomic E-state index is -3.68. The van der Waals surface area contributed by atoms with Crippen molar-refractivity contribution in [2.24, 2.45) is 0 Å². The van der Waals surface area contributed by atoms with Gasteiger partial charge in [0.1, 0.15) is 4.90 Å².